The zero-order chi connectivity index (χ0) is 19.3. The first-order chi connectivity index (χ1) is 12.4. The maximum atomic E-state index is 14.1. The van der Waals surface area contributed by atoms with Gasteiger partial charge in [0.1, 0.15) is 0 Å². The van der Waals surface area contributed by atoms with Crippen LogP contribution in [-0.2, 0) is 4.79 Å². The monoisotopic (exact) mass is 367 g/mol. The summed E-state index contributed by atoms with van der Waals surface area (Å²) in [5.41, 5.74) is 0.169. The van der Waals surface area contributed by atoms with Gasteiger partial charge in [-0.25, -0.2) is 4.39 Å². The number of piperidine rings is 1. The molecule has 7 nitrogen and oxygen atoms in total. The number of hydrogen-bond acceptors (Lipinski definition) is 5. The van der Waals surface area contributed by atoms with E-state index >= 15 is 0 Å². The van der Waals surface area contributed by atoms with Crippen LogP contribution in [0.1, 0.15) is 33.1 Å². The van der Waals surface area contributed by atoms with Crippen LogP contribution >= 0.6 is 0 Å². The van der Waals surface area contributed by atoms with Gasteiger partial charge in [-0.05, 0) is 24.8 Å². The third-order valence-electron chi connectivity index (χ3n) is 4.91. The molecule has 1 aromatic rings. The van der Waals surface area contributed by atoms with Crippen molar-refractivity contribution in [2.75, 3.05) is 31.1 Å². The van der Waals surface area contributed by atoms with Crippen LogP contribution in [0.3, 0.4) is 0 Å². The molecule has 26 heavy (non-hydrogen) atoms. The van der Waals surface area contributed by atoms with Crippen LogP contribution in [0.4, 0.5) is 15.8 Å². The highest BCUT2D eigenvalue weighted by atomic mass is 19.1. The first kappa shape index (κ1) is 20.1. The number of halogens is 1. The molecular weight excluding hydrogens is 341 g/mol. The van der Waals surface area contributed by atoms with Crippen molar-refractivity contribution in [2.24, 2.45) is 5.92 Å². The number of nitro benzene ring substituents is 1. The van der Waals surface area contributed by atoms with Crippen molar-refractivity contribution in [1.29, 1.82) is 0 Å². The maximum absolute atomic E-state index is 14.1. The summed E-state index contributed by atoms with van der Waals surface area (Å²) in [6.07, 6.45) is 2.00. The first-order valence-electron chi connectivity index (χ1n) is 9.09. The summed E-state index contributed by atoms with van der Waals surface area (Å²) in [7, 11) is 0. The molecule has 2 fully saturated rings. The maximum Gasteiger partial charge on any atom is 0.303 e. The summed E-state index contributed by atoms with van der Waals surface area (Å²) in [4.78, 5) is 25.0. The number of benzene rings is 1. The lowest BCUT2D eigenvalue weighted by Gasteiger charge is -2.47. The number of carbonyl (C=O) groups is 1. The second-order valence-corrected chi connectivity index (χ2v) is 6.53. The van der Waals surface area contributed by atoms with Gasteiger partial charge >= 0.3 is 5.97 Å². The number of rotatable bonds is 5. The number of non-ortho nitro benzene ring substituents is 1. The zero-order valence-electron chi connectivity index (χ0n) is 15.2. The number of anilines is 1. The van der Waals surface area contributed by atoms with E-state index in [4.69, 9.17) is 5.11 Å². The molecule has 0 radical (unpaired) electrons. The van der Waals surface area contributed by atoms with Crippen LogP contribution in [0.5, 0.6) is 0 Å². The van der Waals surface area contributed by atoms with Crippen LogP contribution in [0.15, 0.2) is 18.2 Å². The van der Waals surface area contributed by atoms with Crippen LogP contribution < -0.4 is 4.90 Å². The lowest BCUT2D eigenvalue weighted by atomic mass is 9.91. The van der Waals surface area contributed by atoms with Crippen molar-refractivity contribution in [2.45, 2.75) is 39.2 Å². The third kappa shape index (κ3) is 4.69. The lowest BCUT2D eigenvalue weighted by Crippen LogP contribution is -2.55. The van der Waals surface area contributed by atoms with E-state index in [1.807, 2.05) is 18.7 Å². The molecule has 0 spiro atoms. The molecule has 0 unspecified atom stereocenters. The summed E-state index contributed by atoms with van der Waals surface area (Å²) in [5.74, 6) is -1.07. The summed E-state index contributed by atoms with van der Waals surface area (Å²) in [6.45, 7) is 7.03. The minimum absolute atomic E-state index is 0.226. The molecule has 0 atom stereocenters. The van der Waals surface area contributed by atoms with Crippen molar-refractivity contribution in [3.8, 4) is 0 Å². The Labute approximate surface area is 152 Å². The minimum atomic E-state index is -0.747. The van der Waals surface area contributed by atoms with E-state index in [0.29, 0.717) is 24.8 Å². The van der Waals surface area contributed by atoms with Crippen molar-refractivity contribution in [3.05, 3.63) is 34.1 Å². The number of aliphatic carboxylic acids is 1. The van der Waals surface area contributed by atoms with Crippen LogP contribution in [0, 0.1) is 21.8 Å². The van der Waals surface area contributed by atoms with Gasteiger partial charge in [-0.1, -0.05) is 13.8 Å². The van der Waals surface area contributed by atoms with Gasteiger partial charge in [-0.3, -0.25) is 19.8 Å². The van der Waals surface area contributed by atoms with Gasteiger partial charge in [0.15, 0.2) is 5.82 Å². The van der Waals surface area contributed by atoms with Crippen LogP contribution in [0.25, 0.3) is 0 Å². The highest BCUT2D eigenvalue weighted by Gasteiger charge is 2.35. The average Bonchev–Trinajstić information content (AvgIpc) is 2.59. The van der Waals surface area contributed by atoms with Gasteiger partial charge in [0.2, 0.25) is 0 Å². The number of nitro groups is 1. The average molecular weight is 367 g/mol. The van der Waals surface area contributed by atoms with E-state index in [1.165, 1.54) is 12.1 Å². The van der Waals surface area contributed by atoms with Crippen molar-refractivity contribution < 1.29 is 19.2 Å². The number of likely N-dealkylation sites (tertiary alicyclic amines) is 1. The molecule has 0 saturated carbocycles. The summed E-state index contributed by atoms with van der Waals surface area (Å²) in [6, 6.07) is 4.18. The van der Waals surface area contributed by atoms with E-state index in [-0.39, 0.29) is 18.0 Å². The molecule has 3 rings (SSSR count). The Bertz CT molecular complexity index is 641. The molecule has 0 bridgehead atoms. The fraction of sp³-hybridized carbons (Fsp3) is 0.611. The van der Waals surface area contributed by atoms with E-state index in [1.54, 1.807) is 0 Å². The molecule has 1 aromatic carbocycles. The van der Waals surface area contributed by atoms with Crippen LogP contribution in [0.2, 0.25) is 0 Å². The molecule has 2 saturated heterocycles. The normalized spacial score (nSPS) is 18.7. The Kier molecular flexibility index (Phi) is 6.90. The molecule has 2 heterocycles. The second-order valence-electron chi connectivity index (χ2n) is 6.53. The molecule has 0 aromatic heterocycles. The molecule has 8 heteroatoms. The number of carboxylic acid groups (broad SMARTS) is 1. The van der Waals surface area contributed by atoms with E-state index in [2.05, 4.69) is 4.90 Å². The van der Waals surface area contributed by atoms with Gasteiger partial charge in [0.25, 0.3) is 5.69 Å². The molecule has 2 aliphatic rings. The third-order valence-corrected chi connectivity index (χ3v) is 4.91. The van der Waals surface area contributed by atoms with Gasteiger partial charge < -0.3 is 10.0 Å². The van der Waals surface area contributed by atoms with Gasteiger partial charge in [0, 0.05) is 38.3 Å². The fourth-order valence-corrected chi connectivity index (χ4v) is 3.62. The van der Waals surface area contributed by atoms with E-state index < -0.39 is 16.7 Å². The highest BCUT2D eigenvalue weighted by molar-refractivity contribution is 5.67. The summed E-state index contributed by atoms with van der Waals surface area (Å²) in [5, 5.41) is 19.5. The lowest BCUT2D eigenvalue weighted by molar-refractivity contribution is -0.385. The van der Waals surface area contributed by atoms with Crippen molar-refractivity contribution >= 4 is 17.3 Å². The smallest absolute Gasteiger partial charge is 0.303 e. The fourth-order valence-electron chi connectivity index (χ4n) is 3.62. The number of nitrogens with zero attached hydrogens (tertiary/aromatic N) is 3. The second kappa shape index (κ2) is 8.93. The molecule has 144 valence electrons. The van der Waals surface area contributed by atoms with Crippen molar-refractivity contribution in [3.63, 3.8) is 0 Å². The Hall–Kier alpha value is -2.22. The highest BCUT2D eigenvalue weighted by Crippen LogP contribution is 2.30. The first-order valence-corrected chi connectivity index (χ1v) is 9.09. The van der Waals surface area contributed by atoms with Crippen LogP contribution in [-0.4, -0.2) is 53.1 Å². The molecule has 2 aliphatic heterocycles. The molecule has 0 amide bonds. The standard InChI is InChI=1S/C16H20FN3O4.C2H6/c17-14-8-13(20(23)24)1-2-15(14)18-5-3-12(4-6-18)19-9-11(10-19)7-16(21)22;1-2/h1-2,8,11-12H,3-7,9-10H2,(H,21,22);1-2H3. The van der Waals surface area contributed by atoms with Crippen molar-refractivity contribution in [1.82, 2.24) is 4.90 Å². The SMILES string of the molecule is CC.O=C(O)CC1CN(C2CCN(c3ccc([N+](=O)[O-])cc3F)CC2)C1. The predicted octanol–water partition coefficient (Wildman–Crippen LogP) is 3.14. The number of carboxylic acids is 1. The molecular formula is C18H26FN3O4. The quantitative estimate of drug-likeness (QED) is 0.635. The minimum Gasteiger partial charge on any atom is -0.481 e. The van der Waals surface area contributed by atoms with E-state index in [0.717, 1.165) is 32.0 Å². The molecule has 1 N–H and O–H groups in total. The Morgan fingerprint density at radius 2 is 1.92 bits per heavy atom. The topological polar surface area (TPSA) is 86.9 Å². The van der Waals surface area contributed by atoms with Gasteiger partial charge in [-0.15, -0.1) is 0 Å². The van der Waals surface area contributed by atoms with Gasteiger partial charge in [0.05, 0.1) is 23.1 Å². The van der Waals surface area contributed by atoms with E-state index in [9.17, 15) is 19.3 Å². The Morgan fingerprint density at radius 3 is 2.42 bits per heavy atom. The largest absolute Gasteiger partial charge is 0.481 e. The van der Waals surface area contributed by atoms with Gasteiger partial charge in [-0.2, -0.15) is 0 Å². The Balaban J connectivity index is 0.00000117. The predicted molar refractivity (Wildman–Crippen MR) is 97.0 cm³/mol. The molecule has 0 aliphatic carbocycles. The Morgan fingerprint density at radius 1 is 1.31 bits per heavy atom. The number of hydrogen-bond donors (Lipinski definition) is 1. The summed E-state index contributed by atoms with van der Waals surface area (Å²) < 4.78 is 14.1. The zero-order valence-corrected chi connectivity index (χ0v) is 15.2. The summed E-state index contributed by atoms with van der Waals surface area (Å²) >= 11 is 0.